The van der Waals surface area contributed by atoms with E-state index >= 15 is 0 Å². The molecular weight excluding hydrogens is 781 g/mol. The second-order valence-electron chi connectivity index (χ2n) is 18.5. The number of unbranched alkanes of at least 4 members (excludes halogenated alkanes) is 33. The van der Waals surface area contributed by atoms with Gasteiger partial charge in [-0.3, -0.25) is 14.4 Å². The van der Waals surface area contributed by atoms with E-state index in [2.05, 4.69) is 57.2 Å². The van der Waals surface area contributed by atoms with Crippen LogP contribution in [0.5, 0.6) is 0 Å². The molecule has 0 bridgehead atoms. The van der Waals surface area contributed by atoms with Gasteiger partial charge in [0.15, 0.2) is 6.10 Å². The van der Waals surface area contributed by atoms with Crippen LogP contribution in [0, 0.1) is 0 Å². The molecule has 0 N–H and O–H groups in total. The Morgan fingerprint density at radius 1 is 0.317 bits per heavy atom. The minimum atomic E-state index is -0.777. The van der Waals surface area contributed by atoms with Gasteiger partial charge in [-0.1, -0.05) is 231 Å². The normalized spacial score (nSPS) is 12.2. The van der Waals surface area contributed by atoms with Crippen molar-refractivity contribution in [2.45, 2.75) is 297 Å². The number of allylic oxidation sites excluding steroid dienone is 6. The summed E-state index contributed by atoms with van der Waals surface area (Å²) in [5.74, 6) is -0.883. The quantitative estimate of drug-likeness (QED) is 0.0262. The Bertz CT molecular complexity index is 1060. The van der Waals surface area contributed by atoms with Crippen molar-refractivity contribution in [3.05, 3.63) is 36.5 Å². The topological polar surface area (TPSA) is 78.9 Å². The molecule has 1 unspecified atom stereocenters. The van der Waals surface area contributed by atoms with Gasteiger partial charge >= 0.3 is 17.9 Å². The first-order valence-corrected chi connectivity index (χ1v) is 27.5. The first-order valence-electron chi connectivity index (χ1n) is 27.5. The van der Waals surface area contributed by atoms with Gasteiger partial charge in [0.05, 0.1) is 0 Å². The zero-order valence-corrected chi connectivity index (χ0v) is 42.1. The number of hydrogen-bond donors (Lipinski definition) is 0. The maximum absolute atomic E-state index is 12.8. The van der Waals surface area contributed by atoms with Crippen LogP contribution in [0.15, 0.2) is 36.5 Å². The molecule has 0 aliphatic carbocycles. The summed E-state index contributed by atoms with van der Waals surface area (Å²) in [5.41, 5.74) is 0. The van der Waals surface area contributed by atoms with Crippen LogP contribution in [0.1, 0.15) is 290 Å². The van der Waals surface area contributed by atoms with Crippen molar-refractivity contribution in [1.82, 2.24) is 0 Å². The molecule has 0 aliphatic rings. The van der Waals surface area contributed by atoms with Crippen LogP contribution in [-0.4, -0.2) is 37.2 Å². The molecular formula is C57H104O6. The second kappa shape index (κ2) is 52.3. The van der Waals surface area contributed by atoms with Gasteiger partial charge < -0.3 is 14.2 Å². The fraction of sp³-hybridized carbons (Fsp3) is 0.842. The molecule has 0 aromatic rings. The molecule has 63 heavy (non-hydrogen) atoms. The third kappa shape index (κ3) is 50.5. The van der Waals surface area contributed by atoms with Gasteiger partial charge in [-0.05, 0) is 77.0 Å². The lowest BCUT2D eigenvalue weighted by atomic mass is 10.1. The highest BCUT2D eigenvalue weighted by Crippen LogP contribution is 2.15. The summed E-state index contributed by atoms with van der Waals surface area (Å²) in [6, 6.07) is 0. The minimum absolute atomic E-state index is 0.0763. The molecule has 0 saturated heterocycles. The summed E-state index contributed by atoms with van der Waals surface area (Å²) in [6.07, 6.45) is 61.3. The molecule has 0 aromatic heterocycles. The predicted octanol–water partition coefficient (Wildman–Crippen LogP) is 18.1. The van der Waals surface area contributed by atoms with Crippen molar-refractivity contribution in [3.63, 3.8) is 0 Å². The monoisotopic (exact) mass is 885 g/mol. The highest BCUT2D eigenvalue weighted by Gasteiger charge is 2.19. The summed E-state index contributed by atoms with van der Waals surface area (Å²) < 4.78 is 16.8. The van der Waals surface area contributed by atoms with E-state index in [0.717, 1.165) is 83.5 Å². The Balaban J connectivity index is 4.35. The average molecular weight is 885 g/mol. The summed E-state index contributed by atoms with van der Waals surface area (Å²) >= 11 is 0. The molecule has 0 amide bonds. The highest BCUT2D eigenvalue weighted by atomic mass is 16.6. The van der Waals surface area contributed by atoms with Crippen LogP contribution in [0.4, 0.5) is 0 Å². The van der Waals surface area contributed by atoms with Crippen LogP contribution in [-0.2, 0) is 28.6 Å². The van der Waals surface area contributed by atoms with Crippen LogP contribution in [0.25, 0.3) is 0 Å². The Morgan fingerprint density at radius 2 is 0.571 bits per heavy atom. The van der Waals surface area contributed by atoms with Crippen LogP contribution in [0.3, 0.4) is 0 Å². The molecule has 0 aliphatic heterocycles. The number of esters is 3. The van der Waals surface area contributed by atoms with Crippen molar-refractivity contribution < 1.29 is 28.6 Å². The average Bonchev–Trinajstić information content (AvgIpc) is 3.28. The number of ether oxygens (including phenoxy) is 3. The molecule has 0 aromatic carbocycles. The molecule has 0 saturated carbocycles. The minimum Gasteiger partial charge on any atom is -0.462 e. The molecule has 0 spiro atoms. The van der Waals surface area contributed by atoms with E-state index in [4.69, 9.17) is 14.2 Å². The van der Waals surface area contributed by atoms with Gasteiger partial charge in [0.1, 0.15) is 13.2 Å². The zero-order valence-electron chi connectivity index (χ0n) is 42.1. The maximum Gasteiger partial charge on any atom is 0.306 e. The van der Waals surface area contributed by atoms with Gasteiger partial charge in [-0.25, -0.2) is 0 Å². The van der Waals surface area contributed by atoms with Gasteiger partial charge in [-0.2, -0.15) is 0 Å². The first-order chi connectivity index (χ1) is 31.0. The van der Waals surface area contributed by atoms with Gasteiger partial charge in [0, 0.05) is 19.3 Å². The Hall–Kier alpha value is -2.37. The second-order valence-corrected chi connectivity index (χ2v) is 18.5. The van der Waals surface area contributed by atoms with Crippen molar-refractivity contribution >= 4 is 17.9 Å². The lowest BCUT2D eigenvalue weighted by Crippen LogP contribution is -2.30. The number of hydrogen-bond acceptors (Lipinski definition) is 6. The number of rotatable bonds is 50. The Morgan fingerprint density at radius 3 is 0.905 bits per heavy atom. The van der Waals surface area contributed by atoms with E-state index in [1.165, 1.54) is 167 Å². The Labute approximate surface area is 391 Å². The largest absolute Gasteiger partial charge is 0.462 e. The summed E-state index contributed by atoms with van der Waals surface area (Å²) in [5, 5.41) is 0. The van der Waals surface area contributed by atoms with Gasteiger partial charge in [-0.15, -0.1) is 0 Å². The summed E-state index contributed by atoms with van der Waals surface area (Å²) in [6.45, 7) is 6.62. The lowest BCUT2D eigenvalue weighted by Gasteiger charge is -2.18. The highest BCUT2D eigenvalue weighted by molar-refractivity contribution is 5.71. The SMILES string of the molecule is CCCCCC/C=C\C/C=C\CCCCCCCC(=O)OC(COC(=O)CCCCCCCCC/C=C\CCCCCCCCC)COC(=O)CCCCCCCCCCCCC. The van der Waals surface area contributed by atoms with Crippen LogP contribution >= 0.6 is 0 Å². The number of carbonyl (C=O) groups excluding carboxylic acids is 3. The van der Waals surface area contributed by atoms with Crippen molar-refractivity contribution in [2.75, 3.05) is 13.2 Å². The maximum atomic E-state index is 12.8. The Kier molecular flexibility index (Phi) is 50.3. The fourth-order valence-corrected chi connectivity index (χ4v) is 7.94. The van der Waals surface area contributed by atoms with Crippen molar-refractivity contribution in [1.29, 1.82) is 0 Å². The van der Waals surface area contributed by atoms with Gasteiger partial charge in [0.2, 0.25) is 0 Å². The van der Waals surface area contributed by atoms with Gasteiger partial charge in [0.25, 0.3) is 0 Å². The third-order valence-corrected chi connectivity index (χ3v) is 12.1. The van der Waals surface area contributed by atoms with E-state index < -0.39 is 6.10 Å². The summed E-state index contributed by atoms with van der Waals surface area (Å²) in [7, 11) is 0. The smallest absolute Gasteiger partial charge is 0.306 e. The van der Waals surface area contributed by atoms with E-state index in [-0.39, 0.29) is 31.1 Å². The van der Waals surface area contributed by atoms with E-state index in [9.17, 15) is 14.4 Å². The van der Waals surface area contributed by atoms with E-state index in [1.54, 1.807) is 0 Å². The zero-order chi connectivity index (χ0) is 45.8. The van der Waals surface area contributed by atoms with E-state index in [1.807, 2.05) is 0 Å². The number of carbonyl (C=O) groups is 3. The molecule has 0 radical (unpaired) electrons. The van der Waals surface area contributed by atoms with Crippen LogP contribution < -0.4 is 0 Å². The molecule has 6 nitrogen and oxygen atoms in total. The molecule has 0 fully saturated rings. The molecule has 1 atom stereocenters. The molecule has 0 heterocycles. The fourth-order valence-electron chi connectivity index (χ4n) is 7.94. The van der Waals surface area contributed by atoms with Crippen LogP contribution in [0.2, 0.25) is 0 Å². The molecule has 368 valence electrons. The predicted molar refractivity (Wildman–Crippen MR) is 270 cm³/mol. The summed E-state index contributed by atoms with van der Waals surface area (Å²) in [4.78, 5) is 38.0. The third-order valence-electron chi connectivity index (χ3n) is 12.1. The van der Waals surface area contributed by atoms with E-state index in [0.29, 0.717) is 19.3 Å². The molecule has 6 heteroatoms. The standard InChI is InChI=1S/C57H104O6/c1-4-7-10-13-16-19-22-24-26-28-29-31-32-35-38-41-44-47-50-56(59)62-53-54(52-61-55(58)49-46-43-40-37-34-21-18-15-12-9-6-3)63-57(60)51-48-45-42-39-36-33-30-27-25-23-20-17-14-11-8-5-2/h20,23,26-28,30,54H,4-19,21-22,24-25,29,31-53H2,1-3H3/b23-20-,28-26-,30-27-. The first kappa shape index (κ1) is 60.6. The molecule has 0 rings (SSSR count). The van der Waals surface area contributed by atoms with Crippen molar-refractivity contribution in [3.8, 4) is 0 Å². The lowest BCUT2D eigenvalue weighted by molar-refractivity contribution is -0.167. The van der Waals surface area contributed by atoms with Crippen molar-refractivity contribution in [2.24, 2.45) is 0 Å².